The van der Waals surface area contributed by atoms with Crippen LogP contribution in [0.25, 0.3) is 0 Å². The minimum Gasteiger partial charge on any atom is -0.438 e. The Hall–Kier alpha value is -2.44. The SMILES string of the molecule is CSc1cccc(NCc2cccc(Oc3cc(CC45CC4CCCN5C(C)C)[nH]n3)c2)c1. The molecule has 1 aromatic heterocycles. The Morgan fingerprint density at radius 2 is 2.09 bits per heavy atom. The van der Waals surface area contributed by atoms with E-state index in [4.69, 9.17) is 4.74 Å². The van der Waals surface area contributed by atoms with Crippen LogP contribution in [-0.4, -0.2) is 39.5 Å². The number of piperidine rings is 1. The number of hydrogen-bond donors (Lipinski definition) is 2. The smallest absolute Gasteiger partial charge is 0.238 e. The third-order valence-electron chi connectivity index (χ3n) is 7.14. The van der Waals surface area contributed by atoms with Crippen molar-refractivity contribution in [3.63, 3.8) is 0 Å². The third-order valence-corrected chi connectivity index (χ3v) is 7.86. The van der Waals surface area contributed by atoms with Gasteiger partial charge in [0.05, 0.1) is 0 Å². The normalized spacial score (nSPS) is 22.2. The number of nitrogens with one attached hydrogen (secondary N) is 2. The summed E-state index contributed by atoms with van der Waals surface area (Å²) in [6.07, 6.45) is 7.14. The molecular weight excluding hydrogens is 428 g/mol. The first-order chi connectivity index (χ1) is 16.1. The molecule has 2 aliphatic rings. The lowest BCUT2D eigenvalue weighted by atomic mass is 9.96. The van der Waals surface area contributed by atoms with Gasteiger partial charge in [-0.3, -0.25) is 10.00 Å². The highest BCUT2D eigenvalue weighted by atomic mass is 32.2. The number of H-pyrrole nitrogens is 1. The second kappa shape index (κ2) is 9.43. The second-order valence-corrected chi connectivity index (χ2v) is 10.6. The van der Waals surface area contributed by atoms with Crippen molar-refractivity contribution >= 4 is 17.4 Å². The number of nitrogens with zero attached hydrogens (tertiary/aromatic N) is 2. The minimum atomic E-state index is 0.329. The maximum Gasteiger partial charge on any atom is 0.238 e. The first kappa shape index (κ1) is 22.4. The van der Waals surface area contributed by atoms with Crippen LogP contribution in [0.5, 0.6) is 11.6 Å². The van der Waals surface area contributed by atoms with Crippen LogP contribution in [0.3, 0.4) is 0 Å². The lowest BCUT2D eigenvalue weighted by molar-refractivity contribution is 0.0931. The molecular formula is C27H34N4OS. The number of aromatic nitrogens is 2. The molecule has 1 aliphatic heterocycles. The Labute approximate surface area is 201 Å². The Balaban J connectivity index is 1.21. The highest BCUT2D eigenvalue weighted by Gasteiger charge is 2.59. The average Bonchev–Trinajstić information content (AvgIpc) is 3.39. The van der Waals surface area contributed by atoms with Gasteiger partial charge in [0, 0.05) is 46.9 Å². The van der Waals surface area contributed by atoms with Crippen molar-refractivity contribution in [1.82, 2.24) is 15.1 Å². The van der Waals surface area contributed by atoms with Crippen LogP contribution in [0.15, 0.2) is 59.5 Å². The monoisotopic (exact) mass is 462 g/mol. The number of ether oxygens (including phenoxy) is 1. The van der Waals surface area contributed by atoms with Gasteiger partial charge in [-0.15, -0.1) is 16.9 Å². The topological polar surface area (TPSA) is 53.2 Å². The zero-order chi connectivity index (χ0) is 22.8. The fourth-order valence-electron chi connectivity index (χ4n) is 5.50. The molecule has 1 aliphatic carbocycles. The van der Waals surface area contributed by atoms with Gasteiger partial charge in [-0.25, -0.2) is 0 Å². The molecule has 33 heavy (non-hydrogen) atoms. The first-order valence-electron chi connectivity index (χ1n) is 12.0. The summed E-state index contributed by atoms with van der Waals surface area (Å²) in [6, 6.07) is 19.4. The molecule has 2 heterocycles. The van der Waals surface area contributed by atoms with Crippen molar-refractivity contribution in [2.24, 2.45) is 5.92 Å². The Kier molecular flexibility index (Phi) is 6.39. The molecule has 2 atom stereocenters. The zero-order valence-electron chi connectivity index (χ0n) is 19.8. The molecule has 2 aromatic carbocycles. The zero-order valence-corrected chi connectivity index (χ0v) is 20.6. The summed E-state index contributed by atoms with van der Waals surface area (Å²) in [7, 11) is 0. The minimum absolute atomic E-state index is 0.329. The molecule has 5 rings (SSSR count). The van der Waals surface area contributed by atoms with Gasteiger partial charge in [0.2, 0.25) is 5.88 Å². The molecule has 2 fully saturated rings. The molecule has 2 N–H and O–H groups in total. The largest absolute Gasteiger partial charge is 0.438 e. The van der Waals surface area contributed by atoms with Gasteiger partial charge in [-0.05, 0) is 87.7 Å². The summed E-state index contributed by atoms with van der Waals surface area (Å²) in [4.78, 5) is 3.97. The van der Waals surface area contributed by atoms with Crippen LogP contribution in [0.2, 0.25) is 0 Å². The summed E-state index contributed by atoms with van der Waals surface area (Å²) in [5.41, 5.74) is 3.80. The number of rotatable bonds is 9. The standard InChI is InChI=1S/C27H34N4OS/c1-19(2)31-12-6-8-21-16-27(21,31)17-23-15-26(30-29-23)32-24-10-4-7-20(13-24)18-28-22-9-5-11-25(14-22)33-3/h4-5,7,9-11,13-15,19,21,28H,6,8,12,16-18H2,1-3H3,(H,29,30). The van der Waals surface area contributed by atoms with Crippen molar-refractivity contribution in [2.75, 3.05) is 18.1 Å². The van der Waals surface area contributed by atoms with E-state index in [-0.39, 0.29) is 0 Å². The highest BCUT2D eigenvalue weighted by molar-refractivity contribution is 7.98. The van der Waals surface area contributed by atoms with Crippen molar-refractivity contribution in [3.8, 4) is 11.6 Å². The van der Waals surface area contributed by atoms with Gasteiger partial charge in [-0.1, -0.05) is 18.2 Å². The Morgan fingerprint density at radius 3 is 2.94 bits per heavy atom. The molecule has 0 bridgehead atoms. The molecule has 5 nitrogen and oxygen atoms in total. The number of likely N-dealkylation sites (tertiary alicyclic amines) is 1. The lowest BCUT2D eigenvalue weighted by Gasteiger charge is -2.39. The molecule has 0 spiro atoms. The maximum absolute atomic E-state index is 6.11. The van der Waals surface area contributed by atoms with Crippen molar-refractivity contribution in [3.05, 3.63) is 65.9 Å². The highest BCUT2D eigenvalue weighted by Crippen LogP contribution is 2.56. The lowest BCUT2D eigenvalue weighted by Crippen LogP contribution is -2.48. The fraction of sp³-hybridized carbons (Fsp3) is 0.444. The number of fused-ring (bicyclic) bond motifs is 1. The third kappa shape index (κ3) is 4.92. The summed E-state index contributed by atoms with van der Waals surface area (Å²) in [6.45, 7) is 6.61. The number of aromatic amines is 1. The van der Waals surface area contributed by atoms with Gasteiger partial charge in [-0.2, -0.15) is 0 Å². The van der Waals surface area contributed by atoms with Crippen LogP contribution in [-0.2, 0) is 13.0 Å². The van der Waals surface area contributed by atoms with Gasteiger partial charge in [0.15, 0.2) is 0 Å². The van der Waals surface area contributed by atoms with Gasteiger partial charge in [0.25, 0.3) is 0 Å². The molecule has 174 valence electrons. The summed E-state index contributed by atoms with van der Waals surface area (Å²) < 4.78 is 6.11. The number of hydrogen-bond acceptors (Lipinski definition) is 5. The van der Waals surface area contributed by atoms with Gasteiger partial charge >= 0.3 is 0 Å². The second-order valence-electron chi connectivity index (χ2n) is 9.68. The first-order valence-corrected chi connectivity index (χ1v) is 13.2. The quantitative estimate of drug-likeness (QED) is 0.363. The van der Waals surface area contributed by atoms with E-state index in [0.29, 0.717) is 17.5 Å². The van der Waals surface area contributed by atoms with Crippen LogP contribution in [0.4, 0.5) is 5.69 Å². The molecule has 2 unspecified atom stereocenters. The molecule has 6 heteroatoms. The predicted octanol–water partition coefficient (Wildman–Crippen LogP) is 6.34. The van der Waals surface area contributed by atoms with E-state index in [1.807, 2.05) is 12.1 Å². The van der Waals surface area contributed by atoms with Crippen LogP contribution in [0.1, 0.15) is 44.4 Å². The number of benzene rings is 2. The van der Waals surface area contributed by atoms with E-state index in [1.54, 1.807) is 11.8 Å². The molecule has 1 saturated heterocycles. The van der Waals surface area contributed by atoms with E-state index >= 15 is 0 Å². The number of thioether (sulfide) groups is 1. The van der Waals surface area contributed by atoms with Gasteiger partial charge in [0.1, 0.15) is 5.75 Å². The average molecular weight is 463 g/mol. The fourth-order valence-corrected chi connectivity index (χ4v) is 5.96. The Morgan fingerprint density at radius 1 is 1.21 bits per heavy atom. The summed E-state index contributed by atoms with van der Waals surface area (Å²) in [5, 5.41) is 11.2. The van der Waals surface area contributed by atoms with Crippen molar-refractivity contribution in [2.45, 2.75) is 62.6 Å². The van der Waals surface area contributed by atoms with E-state index in [9.17, 15) is 0 Å². The maximum atomic E-state index is 6.11. The van der Waals surface area contributed by atoms with Crippen LogP contribution < -0.4 is 10.1 Å². The van der Waals surface area contributed by atoms with Crippen molar-refractivity contribution < 1.29 is 4.74 Å². The van der Waals surface area contributed by atoms with E-state index in [1.165, 1.54) is 42.0 Å². The molecule has 3 aromatic rings. The summed E-state index contributed by atoms with van der Waals surface area (Å²) in [5.74, 6) is 2.29. The predicted molar refractivity (Wildman–Crippen MR) is 136 cm³/mol. The van der Waals surface area contributed by atoms with E-state index in [2.05, 4.69) is 83.0 Å². The summed E-state index contributed by atoms with van der Waals surface area (Å²) >= 11 is 1.75. The molecule has 0 amide bonds. The number of anilines is 1. The molecule has 1 saturated carbocycles. The molecule has 0 radical (unpaired) electrons. The van der Waals surface area contributed by atoms with Gasteiger partial charge < -0.3 is 10.1 Å². The Bertz CT molecular complexity index is 1100. The van der Waals surface area contributed by atoms with E-state index < -0.39 is 0 Å². The van der Waals surface area contributed by atoms with Crippen molar-refractivity contribution in [1.29, 1.82) is 0 Å². The van der Waals surface area contributed by atoms with Crippen LogP contribution >= 0.6 is 11.8 Å². The van der Waals surface area contributed by atoms with E-state index in [0.717, 1.165) is 30.3 Å². The van der Waals surface area contributed by atoms with Crippen LogP contribution in [0, 0.1) is 5.92 Å².